The van der Waals surface area contributed by atoms with Gasteiger partial charge in [-0.05, 0) is 60.3 Å². The second-order valence-electron chi connectivity index (χ2n) is 5.91. The van der Waals surface area contributed by atoms with Crippen LogP contribution in [0.2, 0.25) is 0 Å². The molecule has 2 aromatic rings. The summed E-state index contributed by atoms with van der Waals surface area (Å²) in [5, 5.41) is 0. The van der Waals surface area contributed by atoms with Gasteiger partial charge in [0.05, 0.1) is 18.8 Å². The van der Waals surface area contributed by atoms with E-state index < -0.39 is 18.0 Å². The van der Waals surface area contributed by atoms with Crippen LogP contribution >= 0.6 is 22.6 Å². The zero-order valence-corrected chi connectivity index (χ0v) is 18.3. The standard InChI is InChI=1S/C22H23IO5/c1-4-26-21(24)18-8-6-17(7-9-18)20(22(25)27-5-2)28-19-12-10-16(11-13-19)15(3)14-23/h6-14,20H,4-5H2,1-3H3/b15-14+. The molecule has 0 aromatic heterocycles. The maximum absolute atomic E-state index is 12.4. The summed E-state index contributed by atoms with van der Waals surface area (Å²) in [6.45, 7) is 6.07. The van der Waals surface area contributed by atoms with Crippen LogP contribution in [0, 0.1) is 0 Å². The summed E-state index contributed by atoms with van der Waals surface area (Å²) in [6.07, 6.45) is -0.928. The Labute approximate surface area is 178 Å². The van der Waals surface area contributed by atoms with Gasteiger partial charge in [0, 0.05) is 5.56 Å². The van der Waals surface area contributed by atoms with Gasteiger partial charge in [0.15, 0.2) is 0 Å². The van der Waals surface area contributed by atoms with E-state index in [0.717, 1.165) is 11.1 Å². The van der Waals surface area contributed by atoms with Gasteiger partial charge in [-0.15, -0.1) is 0 Å². The SMILES string of the molecule is CCOC(=O)c1ccc(C(Oc2ccc(/C(C)=C/I)cc2)C(=O)OCC)cc1. The Bertz CT molecular complexity index is 825. The molecule has 0 bridgehead atoms. The number of esters is 2. The maximum Gasteiger partial charge on any atom is 0.352 e. The minimum absolute atomic E-state index is 0.248. The molecule has 1 unspecified atom stereocenters. The van der Waals surface area contributed by atoms with E-state index in [9.17, 15) is 9.59 Å². The van der Waals surface area contributed by atoms with Crippen LogP contribution in [-0.4, -0.2) is 25.2 Å². The van der Waals surface area contributed by atoms with E-state index >= 15 is 0 Å². The van der Waals surface area contributed by atoms with Crippen molar-refractivity contribution in [2.45, 2.75) is 26.9 Å². The second kappa shape index (κ2) is 10.8. The van der Waals surface area contributed by atoms with Crippen molar-refractivity contribution < 1.29 is 23.8 Å². The van der Waals surface area contributed by atoms with Crippen molar-refractivity contribution in [3.63, 3.8) is 0 Å². The molecule has 2 rings (SSSR count). The van der Waals surface area contributed by atoms with Crippen molar-refractivity contribution >= 4 is 40.1 Å². The van der Waals surface area contributed by atoms with Gasteiger partial charge in [0.25, 0.3) is 0 Å². The summed E-state index contributed by atoms with van der Waals surface area (Å²) < 4.78 is 18.1. The minimum Gasteiger partial charge on any atom is -0.474 e. The monoisotopic (exact) mass is 494 g/mol. The molecule has 28 heavy (non-hydrogen) atoms. The van der Waals surface area contributed by atoms with E-state index in [2.05, 4.69) is 22.6 Å². The molecule has 0 amide bonds. The number of hydrogen-bond acceptors (Lipinski definition) is 5. The fourth-order valence-electron chi connectivity index (χ4n) is 2.47. The summed E-state index contributed by atoms with van der Waals surface area (Å²) in [5.41, 5.74) is 3.23. The minimum atomic E-state index is -0.928. The average Bonchev–Trinajstić information content (AvgIpc) is 2.72. The lowest BCUT2D eigenvalue weighted by Gasteiger charge is -2.18. The highest BCUT2D eigenvalue weighted by Gasteiger charge is 2.24. The Morgan fingerprint density at radius 3 is 2.04 bits per heavy atom. The van der Waals surface area contributed by atoms with E-state index in [1.165, 1.54) is 0 Å². The molecule has 0 aliphatic heterocycles. The predicted octanol–water partition coefficient (Wildman–Crippen LogP) is 5.34. The number of ether oxygens (including phenoxy) is 3. The summed E-state index contributed by atoms with van der Waals surface area (Å²) >= 11 is 2.20. The molecule has 5 nitrogen and oxygen atoms in total. The summed E-state index contributed by atoms with van der Waals surface area (Å²) in [6, 6.07) is 14.1. The van der Waals surface area contributed by atoms with Crippen molar-refractivity contribution in [2.75, 3.05) is 13.2 Å². The second-order valence-corrected chi connectivity index (χ2v) is 6.53. The third kappa shape index (κ3) is 5.82. The normalized spacial score (nSPS) is 12.2. The van der Waals surface area contributed by atoms with Crippen molar-refractivity contribution in [3.05, 3.63) is 69.3 Å². The highest BCUT2D eigenvalue weighted by molar-refractivity contribution is 14.1. The number of carbonyl (C=O) groups is 2. The predicted molar refractivity (Wildman–Crippen MR) is 117 cm³/mol. The van der Waals surface area contributed by atoms with E-state index in [4.69, 9.17) is 14.2 Å². The smallest absolute Gasteiger partial charge is 0.352 e. The van der Waals surface area contributed by atoms with Gasteiger partial charge in [-0.2, -0.15) is 0 Å². The van der Waals surface area contributed by atoms with Gasteiger partial charge in [-0.1, -0.05) is 46.9 Å². The van der Waals surface area contributed by atoms with Gasteiger partial charge in [0.1, 0.15) is 5.75 Å². The third-order valence-corrected chi connectivity index (χ3v) is 4.89. The lowest BCUT2D eigenvalue weighted by molar-refractivity contribution is -0.151. The number of rotatable bonds is 8. The number of benzene rings is 2. The highest BCUT2D eigenvalue weighted by Crippen LogP contribution is 2.26. The van der Waals surface area contributed by atoms with Crippen LogP contribution in [0.4, 0.5) is 0 Å². The van der Waals surface area contributed by atoms with Crippen molar-refractivity contribution in [3.8, 4) is 5.75 Å². The first-order chi connectivity index (χ1) is 13.5. The Morgan fingerprint density at radius 2 is 1.50 bits per heavy atom. The fourth-order valence-corrected chi connectivity index (χ4v) is 2.83. The number of allylic oxidation sites excluding steroid dienone is 1. The molecular weight excluding hydrogens is 471 g/mol. The van der Waals surface area contributed by atoms with Gasteiger partial charge >= 0.3 is 11.9 Å². The lowest BCUT2D eigenvalue weighted by Crippen LogP contribution is -2.21. The van der Waals surface area contributed by atoms with E-state index in [0.29, 0.717) is 23.5 Å². The van der Waals surface area contributed by atoms with Gasteiger partial charge < -0.3 is 14.2 Å². The van der Waals surface area contributed by atoms with Crippen molar-refractivity contribution in [2.24, 2.45) is 0 Å². The van der Waals surface area contributed by atoms with E-state index in [1.807, 2.05) is 35.3 Å². The molecular formula is C22H23IO5. The van der Waals surface area contributed by atoms with E-state index in [1.54, 1.807) is 38.1 Å². The molecule has 0 heterocycles. The molecule has 1 atom stereocenters. The van der Waals surface area contributed by atoms with Crippen LogP contribution in [0.1, 0.15) is 48.4 Å². The molecule has 6 heteroatoms. The quantitative estimate of drug-likeness (QED) is 0.366. The molecule has 0 saturated carbocycles. The van der Waals surface area contributed by atoms with Crippen LogP contribution in [0.25, 0.3) is 5.57 Å². The van der Waals surface area contributed by atoms with Crippen molar-refractivity contribution in [1.82, 2.24) is 0 Å². The van der Waals surface area contributed by atoms with Gasteiger partial charge in [-0.25, -0.2) is 9.59 Å². The number of hydrogen-bond donors (Lipinski definition) is 0. The van der Waals surface area contributed by atoms with Gasteiger partial charge in [-0.3, -0.25) is 0 Å². The maximum atomic E-state index is 12.4. The molecule has 0 N–H and O–H groups in total. The first-order valence-electron chi connectivity index (χ1n) is 8.97. The van der Waals surface area contributed by atoms with Crippen molar-refractivity contribution in [1.29, 1.82) is 0 Å². The van der Waals surface area contributed by atoms with E-state index in [-0.39, 0.29) is 6.61 Å². The first-order valence-corrected chi connectivity index (χ1v) is 10.2. The van der Waals surface area contributed by atoms with Crippen LogP contribution in [-0.2, 0) is 14.3 Å². The zero-order valence-electron chi connectivity index (χ0n) is 16.1. The summed E-state index contributed by atoms with van der Waals surface area (Å²) in [5.74, 6) is -0.340. The first kappa shape index (κ1) is 21.9. The van der Waals surface area contributed by atoms with Crippen LogP contribution in [0.5, 0.6) is 5.75 Å². The Hall–Kier alpha value is -2.35. The Morgan fingerprint density at radius 1 is 0.929 bits per heavy atom. The van der Waals surface area contributed by atoms with Gasteiger partial charge in [0.2, 0.25) is 6.10 Å². The lowest BCUT2D eigenvalue weighted by atomic mass is 10.1. The number of carbonyl (C=O) groups excluding carboxylic acids is 2. The summed E-state index contributed by atoms with van der Waals surface area (Å²) in [7, 11) is 0. The molecule has 148 valence electrons. The van der Waals surface area contributed by atoms with Crippen LogP contribution < -0.4 is 4.74 Å². The topological polar surface area (TPSA) is 61.8 Å². The highest BCUT2D eigenvalue weighted by atomic mass is 127. The Kier molecular flexibility index (Phi) is 8.50. The van der Waals surface area contributed by atoms with Crippen LogP contribution in [0.3, 0.4) is 0 Å². The molecule has 0 aliphatic rings. The molecule has 0 spiro atoms. The molecule has 0 radical (unpaired) electrons. The largest absolute Gasteiger partial charge is 0.474 e. The molecule has 0 fully saturated rings. The Balaban J connectivity index is 2.25. The van der Waals surface area contributed by atoms with Crippen LogP contribution in [0.15, 0.2) is 52.6 Å². The zero-order chi connectivity index (χ0) is 20.5. The third-order valence-electron chi connectivity index (χ3n) is 3.95. The molecule has 0 saturated heterocycles. The molecule has 0 aliphatic carbocycles. The number of halogens is 1. The molecule has 2 aromatic carbocycles. The average molecular weight is 494 g/mol. The fraction of sp³-hybridized carbons (Fsp3) is 0.273. The summed E-state index contributed by atoms with van der Waals surface area (Å²) in [4.78, 5) is 24.3.